The minimum absolute atomic E-state index is 0.181. The highest BCUT2D eigenvalue weighted by molar-refractivity contribution is 7.58. The molecule has 0 bridgehead atoms. The zero-order chi connectivity index (χ0) is 14.6. The maximum atomic E-state index is 12.2. The molecule has 2 unspecified atom stereocenters. The van der Waals surface area contributed by atoms with E-state index in [9.17, 15) is 14.8 Å². The molecule has 0 aromatic heterocycles. The average Bonchev–Trinajstić information content (AvgIpc) is 2.45. The molecule has 1 aromatic rings. The fourth-order valence-corrected chi connectivity index (χ4v) is 2.96. The predicted octanol–water partition coefficient (Wildman–Crippen LogP) is 0.404. The van der Waals surface area contributed by atoms with Crippen LogP contribution in [0.25, 0.3) is 0 Å². The lowest BCUT2D eigenvalue weighted by atomic mass is 9.96. The minimum Gasteiger partial charge on any atom is -0.408 e. The molecular weight excluding hydrogens is 284 g/mol. The van der Waals surface area contributed by atoms with Crippen LogP contribution in [-0.2, 0) is 13.8 Å². The normalized spacial score (nSPS) is 33.8. The molecular formula is C11H15BNO6P. The summed E-state index contributed by atoms with van der Waals surface area (Å²) in [5.41, 5.74) is 2.49. The van der Waals surface area contributed by atoms with Crippen molar-refractivity contribution in [2.75, 3.05) is 12.6 Å². The number of aliphatic hydroxyl groups excluding tert-OH is 1. The Morgan fingerprint density at radius 3 is 2.80 bits per heavy atom. The van der Waals surface area contributed by atoms with E-state index in [2.05, 4.69) is 5.48 Å². The van der Waals surface area contributed by atoms with Crippen molar-refractivity contribution < 1.29 is 28.9 Å². The van der Waals surface area contributed by atoms with Gasteiger partial charge in [-0.3, -0.25) is 9.09 Å². The summed E-state index contributed by atoms with van der Waals surface area (Å²) >= 11 is 0. The standard InChI is InChI=1S/C11H15BNO6P/c12-6-11(15)10(14)19-20(16,8-17-11)7-13-18-9-4-2-1-3-5-9/h1-5,10,13-15H,6-8H2/t10?,11-,20?/m1/s1. The van der Waals surface area contributed by atoms with E-state index in [1.807, 2.05) is 6.07 Å². The smallest absolute Gasteiger partial charge is 0.247 e. The van der Waals surface area contributed by atoms with Crippen molar-refractivity contribution in [1.82, 2.24) is 5.48 Å². The van der Waals surface area contributed by atoms with Crippen LogP contribution in [0.15, 0.2) is 30.3 Å². The molecule has 2 rings (SSSR count). The number of hydrogen-bond donors (Lipinski definition) is 3. The van der Waals surface area contributed by atoms with Gasteiger partial charge in [0.05, 0.1) is 7.85 Å². The Kier molecular flexibility index (Phi) is 4.85. The summed E-state index contributed by atoms with van der Waals surface area (Å²) in [6.07, 6.45) is -2.70. The van der Waals surface area contributed by atoms with E-state index in [0.29, 0.717) is 5.75 Å². The van der Waals surface area contributed by atoms with Gasteiger partial charge < -0.3 is 19.8 Å². The van der Waals surface area contributed by atoms with Crippen LogP contribution in [0.5, 0.6) is 5.75 Å². The molecule has 1 saturated heterocycles. The first kappa shape index (κ1) is 15.5. The summed E-state index contributed by atoms with van der Waals surface area (Å²) in [5, 5.41) is 19.3. The van der Waals surface area contributed by atoms with Crippen molar-refractivity contribution in [2.24, 2.45) is 0 Å². The molecule has 7 nitrogen and oxygen atoms in total. The first-order valence-corrected chi connectivity index (χ1v) is 7.93. The molecule has 3 atom stereocenters. The Balaban J connectivity index is 1.86. The number of ether oxygens (including phenoxy) is 1. The maximum absolute atomic E-state index is 12.2. The van der Waals surface area contributed by atoms with Crippen molar-refractivity contribution in [1.29, 1.82) is 0 Å². The van der Waals surface area contributed by atoms with Gasteiger partial charge in [-0.05, 0) is 18.5 Å². The Hall–Kier alpha value is -0.885. The van der Waals surface area contributed by atoms with Crippen molar-refractivity contribution in [3.8, 4) is 5.75 Å². The van der Waals surface area contributed by atoms with Crippen LogP contribution in [0.4, 0.5) is 0 Å². The third kappa shape index (κ3) is 3.60. The summed E-state index contributed by atoms with van der Waals surface area (Å²) in [6.45, 7) is 0. The summed E-state index contributed by atoms with van der Waals surface area (Å²) in [5.74, 6) is -1.50. The summed E-state index contributed by atoms with van der Waals surface area (Å²) < 4.78 is 22.1. The van der Waals surface area contributed by atoms with Crippen LogP contribution in [0.3, 0.4) is 0 Å². The van der Waals surface area contributed by atoms with Crippen LogP contribution in [0.1, 0.15) is 0 Å². The van der Waals surface area contributed by atoms with E-state index in [4.69, 9.17) is 21.9 Å². The second-order valence-electron chi connectivity index (χ2n) is 4.31. The first-order valence-electron chi connectivity index (χ1n) is 5.93. The van der Waals surface area contributed by atoms with Gasteiger partial charge in [0.1, 0.15) is 18.4 Å². The molecule has 108 valence electrons. The largest absolute Gasteiger partial charge is 0.408 e. The molecule has 1 aliphatic heterocycles. The summed E-state index contributed by atoms with van der Waals surface area (Å²) in [4.78, 5) is 5.16. The maximum Gasteiger partial charge on any atom is 0.247 e. The molecule has 0 amide bonds. The van der Waals surface area contributed by atoms with Crippen molar-refractivity contribution in [3.63, 3.8) is 0 Å². The highest BCUT2D eigenvalue weighted by atomic mass is 31.2. The van der Waals surface area contributed by atoms with Crippen molar-refractivity contribution >= 4 is 15.2 Å². The minimum atomic E-state index is -3.32. The number of benzene rings is 1. The number of aliphatic hydroxyl groups is 2. The van der Waals surface area contributed by atoms with Gasteiger partial charge in [-0.2, -0.15) is 0 Å². The number of nitrogens with one attached hydrogen (secondary N) is 1. The third-order valence-corrected chi connectivity index (χ3v) is 4.44. The molecule has 1 aliphatic rings. The lowest BCUT2D eigenvalue weighted by Gasteiger charge is -2.39. The fourth-order valence-electron chi connectivity index (χ4n) is 1.52. The molecule has 1 aromatic carbocycles. The van der Waals surface area contributed by atoms with Crippen LogP contribution in [0, 0.1) is 0 Å². The van der Waals surface area contributed by atoms with Crippen molar-refractivity contribution in [3.05, 3.63) is 30.3 Å². The van der Waals surface area contributed by atoms with Gasteiger partial charge in [0.25, 0.3) is 0 Å². The molecule has 3 N–H and O–H groups in total. The second-order valence-corrected chi connectivity index (χ2v) is 6.73. The summed E-state index contributed by atoms with van der Waals surface area (Å²) in [7, 11) is 1.92. The lowest BCUT2D eigenvalue weighted by molar-refractivity contribution is -0.300. The van der Waals surface area contributed by atoms with E-state index in [0.717, 1.165) is 0 Å². The molecule has 9 heteroatoms. The van der Waals surface area contributed by atoms with Gasteiger partial charge in [-0.1, -0.05) is 18.2 Å². The second kappa shape index (κ2) is 6.26. The number of rotatable bonds is 5. The molecule has 0 aliphatic carbocycles. The first-order chi connectivity index (χ1) is 9.47. The Morgan fingerprint density at radius 1 is 1.50 bits per heavy atom. The van der Waals surface area contributed by atoms with E-state index in [1.165, 1.54) is 0 Å². The highest BCUT2D eigenvalue weighted by Crippen LogP contribution is 2.52. The topological polar surface area (TPSA) is 97.3 Å². The molecule has 1 heterocycles. The van der Waals surface area contributed by atoms with E-state index < -0.39 is 19.4 Å². The number of hydroxylamine groups is 1. The molecule has 0 saturated carbocycles. The SMILES string of the molecule is [B]C[C@@]1(O)OCP(=O)(CNOc2ccccc2)OC1O. The molecule has 20 heavy (non-hydrogen) atoms. The molecule has 1 fully saturated rings. The van der Waals surface area contributed by atoms with Gasteiger partial charge in [-0.25, -0.2) is 0 Å². The summed E-state index contributed by atoms with van der Waals surface area (Å²) in [6, 6.07) is 8.82. The monoisotopic (exact) mass is 299 g/mol. The fraction of sp³-hybridized carbons (Fsp3) is 0.455. The Labute approximate surface area is 117 Å². The van der Waals surface area contributed by atoms with Crippen LogP contribution in [-0.4, -0.2) is 42.8 Å². The number of hydrogen-bond acceptors (Lipinski definition) is 7. The average molecular weight is 299 g/mol. The third-order valence-electron chi connectivity index (χ3n) is 2.72. The zero-order valence-electron chi connectivity index (χ0n) is 10.6. The van der Waals surface area contributed by atoms with Crippen molar-refractivity contribution in [2.45, 2.75) is 18.4 Å². The quantitative estimate of drug-likeness (QED) is 0.411. The van der Waals surface area contributed by atoms with Crippen LogP contribution >= 0.6 is 7.37 Å². The van der Waals surface area contributed by atoms with E-state index >= 15 is 0 Å². The van der Waals surface area contributed by atoms with Crippen LogP contribution < -0.4 is 10.3 Å². The van der Waals surface area contributed by atoms with Gasteiger partial charge >= 0.3 is 0 Å². The molecule has 0 spiro atoms. The Bertz CT molecular complexity index is 489. The zero-order valence-corrected chi connectivity index (χ0v) is 11.5. The van der Waals surface area contributed by atoms with Gasteiger partial charge in [-0.15, -0.1) is 5.48 Å². The highest BCUT2D eigenvalue weighted by Gasteiger charge is 2.46. The number of para-hydroxylation sites is 1. The molecule has 2 radical (unpaired) electrons. The van der Waals surface area contributed by atoms with Crippen LogP contribution in [0.2, 0.25) is 6.32 Å². The Morgan fingerprint density at radius 2 is 2.20 bits per heavy atom. The van der Waals surface area contributed by atoms with E-state index in [-0.39, 0.29) is 19.0 Å². The van der Waals surface area contributed by atoms with Gasteiger partial charge in [0.15, 0.2) is 0 Å². The van der Waals surface area contributed by atoms with E-state index in [1.54, 1.807) is 24.3 Å². The van der Waals surface area contributed by atoms with Gasteiger partial charge in [0.2, 0.25) is 19.4 Å². The lowest BCUT2D eigenvalue weighted by Crippen LogP contribution is -2.49. The predicted molar refractivity (Wildman–Crippen MR) is 71.2 cm³/mol. The van der Waals surface area contributed by atoms with Gasteiger partial charge in [0, 0.05) is 0 Å².